The summed E-state index contributed by atoms with van der Waals surface area (Å²) >= 11 is 0. The number of nitrogens with zero attached hydrogens (tertiary/aromatic N) is 1. The SMILES string of the molecule is O=C(O)c1coc2c1c(C(NCCO)c1ccnc(OC3CC3)c1)c(O)c1c(F)cccc12. The van der Waals surface area contributed by atoms with Crippen molar-refractivity contribution >= 4 is 27.7 Å². The number of furan rings is 1. The van der Waals surface area contributed by atoms with E-state index in [1.807, 2.05) is 0 Å². The molecule has 5 rings (SSSR count). The second-order valence-corrected chi connectivity index (χ2v) is 7.94. The molecule has 0 radical (unpaired) electrons. The van der Waals surface area contributed by atoms with Gasteiger partial charge in [-0.15, -0.1) is 0 Å². The number of pyridine rings is 1. The van der Waals surface area contributed by atoms with Crippen molar-refractivity contribution in [2.75, 3.05) is 13.2 Å². The predicted molar refractivity (Wildman–Crippen MR) is 117 cm³/mol. The molecular weight excluding hydrogens is 431 g/mol. The topological polar surface area (TPSA) is 125 Å². The molecule has 2 aromatic heterocycles. The number of aliphatic hydroxyl groups excluding tert-OH is 1. The first-order valence-corrected chi connectivity index (χ1v) is 10.5. The van der Waals surface area contributed by atoms with Crippen LogP contribution in [0.15, 0.2) is 47.2 Å². The van der Waals surface area contributed by atoms with Gasteiger partial charge in [-0.05, 0) is 30.5 Å². The molecule has 0 spiro atoms. The van der Waals surface area contributed by atoms with E-state index in [0.717, 1.165) is 19.1 Å². The lowest BCUT2D eigenvalue weighted by atomic mass is 9.90. The second kappa shape index (κ2) is 8.34. The number of hydrogen-bond acceptors (Lipinski definition) is 7. The molecule has 4 N–H and O–H groups in total. The monoisotopic (exact) mass is 452 g/mol. The van der Waals surface area contributed by atoms with Gasteiger partial charge >= 0.3 is 5.97 Å². The highest BCUT2D eigenvalue weighted by molar-refractivity contribution is 6.15. The Morgan fingerprint density at radius 2 is 2.12 bits per heavy atom. The molecule has 1 fully saturated rings. The van der Waals surface area contributed by atoms with Crippen molar-refractivity contribution in [1.29, 1.82) is 0 Å². The maximum atomic E-state index is 14.8. The molecule has 2 aromatic carbocycles. The van der Waals surface area contributed by atoms with Crippen LogP contribution in [0.2, 0.25) is 0 Å². The van der Waals surface area contributed by atoms with Gasteiger partial charge in [0.2, 0.25) is 5.88 Å². The summed E-state index contributed by atoms with van der Waals surface area (Å²) < 4.78 is 26.2. The molecule has 4 aromatic rings. The molecule has 2 heterocycles. The summed E-state index contributed by atoms with van der Waals surface area (Å²) in [5.41, 5.74) is 0.708. The van der Waals surface area contributed by atoms with Gasteiger partial charge in [0.05, 0.1) is 18.0 Å². The lowest BCUT2D eigenvalue weighted by Crippen LogP contribution is -2.26. The number of carboxylic acids is 1. The number of hydrogen-bond donors (Lipinski definition) is 4. The fraction of sp³-hybridized carbons (Fsp3) is 0.250. The van der Waals surface area contributed by atoms with Crippen molar-refractivity contribution in [2.24, 2.45) is 0 Å². The highest BCUT2D eigenvalue weighted by atomic mass is 19.1. The van der Waals surface area contributed by atoms with Crippen LogP contribution in [0.1, 0.15) is 40.4 Å². The third-order valence-electron chi connectivity index (χ3n) is 5.69. The van der Waals surface area contributed by atoms with Crippen molar-refractivity contribution in [1.82, 2.24) is 10.3 Å². The summed E-state index contributed by atoms with van der Waals surface area (Å²) in [6.07, 6.45) is 4.63. The lowest BCUT2D eigenvalue weighted by Gasteiger charge is -2.23. The number of aromatic hydroxyl groups is 1. The Hall–Kier alpha value is -3.69. The van der Waals surface area contributed by atoms with Gasteiger partial charge < -0.3 is 29.8 Å². The molecule has 33 heavy (non-hydrogen) atoms. The largest absolute Gasteiger partial charge is 0.507 e. The Balaban J connectivity index is 1.80. The first-order valence-electron chi connectivity index (χ1n) is 10.5. The quantitative estimate of drug-likeness (QED) is 0.319. The van der Waals surface area contributed by atoms with Gasteiger partial charge in [-0.25, -0.2) is 14.2 Å². The molecule has 1 atom stereocenters. The molecule has 8 nitrogen and oxygen atoms in total. The lowest BCUT2D eigenvalue weighted by molar-refractivity contribution is 0.0698. The van der Waals surface area contributed by atoms with E-state index in [1.165, 1.54) is 12.1 Å². The summed E-state index contributed by atoms with van der Waals surface area (Å²) in [5.74, 6) is -1.94. The number of carboxylic acid groups (broad SMARTS) is 1. The number of halogens is 1. The number of ether oxygens (including phenoxy) is 1. The standard InChI is InChI=1S/C24H21FN2O6/c25-16-3-1-2-14-18(16)22(29)20(19-15(24(30)31)11-32-23(14)19)21(27-8-9-28)12-6-7-26-17(10-12)33-13-4-5-13/h1-3,6-7,10-11,13,21,27-29H,4-5,8-9H2,(H,30,31). The number of aromatic nitrogens is 1. The summed E-state index contributed by atoms with van der Waals surface area (Å²) in [5, 5.41) is 34.0. The zero-order chi connectivity index (χ0) is 23.1. The van der Waals surface area contributed by atoms with Crippen LogP contribution in [0.25, 0.3) is 21.7 Å². The van der Waals surface area contributed by atoms with Crippen molar-refractivity contribution < 1.29 is 33.7 Å². The maximum absolute atomic E-state index is 14.8. The number of nitrogens with one attached hydrogen (secondary N) is 1. The van der Waals surface area contributed by atoms with Gasteiger partial charge in [0.25, 0.3) is 0 Å². The Labute approximate surface area is 187 Å². The molecule has 0 amide bonds. The predicted octanol–water partition coefficient (Wildman–Crippen LogP) is 3.74. The van der Waals surface area contributed by atoms with Crippen LogP contribution in [0, 0.1) is 5.82 Å². The van der Waals surface area contributed by atoms with E-state index in [1.54, 1.807) is 24.4 Å². The third kappa shape index (κ3) is 3.75. The Bertz CT molecular complexity index is 1360. The third-order valence-corrected chi connectivity index (χ3v) is 5.69. The van der Waals surface area contributed by atoms with Crippen LogP contribution in [0.5, 0.6) is 11.6 Å². The fourth-order valence-corrected chi connectivity index (χ4v) is 4.09. The number of rotatable bonds is 8. The van der Waals surface area contributed by atoms with E-state index in [0.29, 0.717) is 11.4 Å². The molecule has 0 bridgehead atoms. The average molecular weight is 452 g/mol. The van der Waals surface area contributed by atoms with E-state index in [9.17, 15) is 24.5 Å². The van der Waals surface area contributed by atoms with Crippen molar-refractivity contribution in [3.05, 3.63) is 65.3 Å². The second-order valence-electron chi connectivity index (χ2n) is 7.94. The smallest absolute Gasteiger partial charge is 0.339 e. The van der Waals surface area contributed by atoms with E-state index < -0.39 is 23.6 Å². The normalized spacial score (nSPS) is 14.6. The molecule has 1 aliphatic rings. The zero-order valence-corrected chi connectivity index (χ0v) is 17.4. The van der Waals surface area contributed by atoms with Gasteiger partial charge in [-0.3, -0.25) is 0 Å². The van der Waals surface area contributed by atoms with E-state index in [2.05, 4.69) is 10.3 Å². The number of phenolic OH excluding ortho intramolecular Hbond substituents is 1. The van der Waals surface area contributed by atoms with Crippen LogP contribution in [-0.2, 0) is 0 Å². The molecule has 0 aliphatic heterocycles. The van der Waals surface area contributed by atoms with E-state index in [4.69, 9.17) is 9.15 Å². The van der Waals surface area contributed by atoms with Crippen LogP contribution < -0.4 is 10.1 Å². The van der Waals surface area contributed by atoms with Crippen LogP contribution >= 0.6 is 0 Å². The number of phenols is 1. The fourth-order valence-electron chi connectivity index (χ4n) is 4.09. The summed E-state index contributed by atoms with van der Waals surface area (Å²) in [6.45, 7) is -0.0850. The molecule has 9 heteroatoms. The van der Waals surface area contributed by atoms with Crippen molar-refractivity contribution in [2.45, 2.75) is 25.0 Å². The number of aliphatic hydroxyl groups is 1. The van der Waals surface area contributed by atoms with Crippen LogP contribution in [0.4, 0.5) is 4.39 Å². The zero-order valence-electron chi connectivity index (χ0n) is 17.4. The Morgan fingerprint density at radius 3 is 2.85 bits per heavy atom. The highest BCUT2D eigenvalue weighted by Crippen LogP contribution is 2.45. The maximum Gasteiger partial charge on any atom is 0.339 e. The minimum absolute atomic E-state index is 0.0782. The highest BCUT2D eigenvalue weighted by Gasteiger charge is 2.30. The van der Waals surface area contributed by atoms with Crippen LogP contribution in [-0.4, -0.2) is 45.5 Å². The van der Waals surface area contributed by atoms with E-state index in [-0.39, 0.29) is 52.1 Å². The summed E-state index contributed by atoms with van der Waals surface area (Å²) in [7, 11) is 0. The van der Waals surface area contributed by atoms with Gasteiger partial charge in [0, 0.05) is 35.1 Å². The molecule has 1 saturated carbocycles. The van der Waals surface area contributed by atoms with Gasteiger partial charge in [-0.2, -0.15) is 0 Å². The average Bonchev–Trinajstić information content (AvgIpc) is 3.49. The molecule has 1 aliphatic carbocycles. The number of aromatic carboxylic acids is 1. The Kier molecular flexibility index (Phi) is 5.35. The first kappa shape index (κ1) is 21.2. The van der Waals surface area contributed by atoms with Gasteiger partial charge in [-0.1, -0.05) is 12.1 Å². The molecule has 1 unspecified atom stereocenters. The summed E-state index contributed by atoms with van der Waals surface area (Å²) in [6, 6.07) is 6.79. The summed E-state index contributed by atoms with van der Waals surface area (Å²) in [4.78, 5) is 16.2. The Morgan fingerprint density at radius 1 is 1.30 bits per heavy atom. The van der Waals surface area contributed by atoms with Gasteiger partial charge in [0.1, 0.15) is 35.1 Å². The molecule has 170 valence electrons. The number of benzene rings is 2. The first-order chi connectivity index (χ1) is 16.0. The number of carbonyl (C=O) groups is 1. The molecule has 0 saturated heterocycles. The minimum Gasteiger partial charge on any atom is -0.507 e. The number of fused-ring (bicyclic) bond motifs is 3. The molecular formula is C24H21FN2O6. The van der Waals surface area contributed by atoms with Crippen molar-refractivity contribution in [3.63, 3.8) is 0 Å². The van der Waals surface area contributed by atoms with Crippen LogP contribution in [0.3, 0.4) is 0 Å². The van der Waals surface area contributed by atoms with E-state index >= 15 is 0 Å². The minimum atomic E-state index is -1.25. The van der Waals surface area contributed by atoms with Gasteiger partial charge in [0.15, 0.2) is 0 Å². The van der Waals surface area contributed by atoms with Crippen molar-refractivity contribution in [3.8, 4) is 11.6 Å².